The van der Waals surface area contributed by atoms with Crippen molar-refractivity contribution in [3.8, 4) is 0 Å². The van der Waals surface area contributed by atoms with Gasteiger partial charge in [0.15, 0.2) is 0 Å². The summed E-state index contributed by atoms with van der Waals surface area (Å²) in [7, 11) is 1.85. The van der Waals surface area contributed by atoms with Crippen molar-refractivity contribution in [2.45, 2.75) is 39.3 Å². The number of nitrogens with zero attached hydrogens (tertiary/aromatic N) is 5. The van der Waals surface area contributed by atoms with Gasteiger partial charge in [0.25, 0.3) is 5.91 Å². The summed E-state index contributed by atoms with van der Waals surface area (Å²) in [4.78, 5) is 34.2. The summed E-state index contributed by atoms with van der Waals surface area (Å²) in [6.07, 6.45) is 1.79. The molecule has 3 fully saturated rings. The Bertz CT molecular complexity index is 844. The van der Waals surface area contributed by atoms with E-state index in [-0.39, 0.29) is 23.8 Å². The number of piperidine rings is 1. The van der Waals surface area contributed by atoms with Crippen LogP contribution in [0.3, 0.4) is 0 Å². The molecule has 2 aromatic rings. The first-order valence-corrected chi connectivity index (χ1v) is 9.87. The maximum Gasteiger partial charge on any atom is 0.257 e. The number of fused-ring (bicyclic) bond motifs is 4. The Kier molecular flexibility index (Phi) is 4.30. The van der Waals surface area contributed by atoms with E-state index in [1.807, 2.05) is 36.1 Å². The number of hydrogen-bond donors (Lipinski definition) is 0. The number of carbonyl (C=O) groups excluding carboxylic acids is 2. The Hall–Kier alpha value is -2.22. The van der Waals surface area contributed by atoms with E-state index in [1.54, 1.807) is 21.5 Å². The Morgan fingerprint density at radius 1 is 1.31 bits per heavy atom. The van der Waals surface area contributed by atoms with Gasteiger partial charge in [0.2, 0.25) is 5.91 Å². The van der Waals surface area contributed by atoms with Crippen molar-refractivity contribution in [2.75, 3.05) is 13.1 Å². The summed E-state index contributed by atoms with van der Waals surface area (Å²) in [5.74, 6) is 0.0334. The van der Waals surface area contributed by atoms with Gasteiger partial charge in [-0.2, -0.15) is 5.10 Å². The van der Waals surface area contributed by atoms with Crippen LogP contribution in [0, 0.1) is 19.8 Å². The van der Waals surface area contributed by atoms with E-state index in [2.05, 4.69) is 10.1 Å². The molecule has 0 radical (unpaired) electrons. The normalized spacial score (nSPS) is 22.8. The molecule has 0 aliphatic carbocycles. The average Bonchev–Trinajstić information content (AvgIpc) is 3.09. The highest BCUT2D eigenvalue weighted by Crippen LogP contribution is 2.31. The third-order valence-electron chi connectivity index (χ3n) is 5.62. The fourth-order valence-electron chi connectivity index (χ4n) is 4.15. The van der Waals surface area contributed by atoms with E-state index in [0.717, 1.165) is 29.9 Å². The first-order valence-electron chi connectivity index (χ1n) is 8.92. The zero-order valence-corrected chi connectivity index (χ0v) is 16.1. The maximum atomic E-state index is 13.2. The molecular formula is C18H23N5O2S. The predicted octanol–water partition coefficient (Wildman–Crippen LogP) is 1.76. The number of hydrogen-bond acceptors (Lipinski definition) is 5. The molecule has 26 heavy (non-hydrogen) atoms. The lowest BCUT2D eigenvalue weighted by Gasteiger charge is -2.35. The number of amides is 2. The Labute approximate surface area is 156 Å². The summed E-state index contributed by atoms with van der Waals surface area (Å²) >= 11 is 1.54. The fraction of sp³-hybridized carbons (Fsp3) is 0.556. The monoisotopic (exact) mass is 373 g/mol. The number of thiazole rings is 1. The Morgan fingerprint density at radius 2 is 2.12 bits per heavy atom. The van der Waals surface area contributed by atoms with Crippen molar-refractivity contribution in [3.05, 3.63) is 33.5 Å². The number of carbonyl (C=O) groups is 2. The Balaban J connectivity index is 1.59. The van der Waals surface area contributed by atoms with Gasteiger partial charge in [0.05, 0.1) is 34.9 Å². The maximum absolute atomic E-state index is 13.2. The van der Waals surface area contributed by atoms with Gasteiger partial charge >= 0.3 is 0 Å². The van der Waals surface area contributed by atoms with Crippen molar-refractivity contribution < 1.29 is 9.59 Å². The van der Waals surface area contributed by atoms with Crippen LogP contribution in [0.25, 0.3) is 0 Å². The largest absolute Gasteiger partial charge is 0.336 e. The molecule has 138 valence electrons. The molecule has 3 aliphatic rings. The highest BCUT2D eigenvalue weighted by Gasteiger charge is 2.42. The molecule has 3 aliphatic heterocycles. The summed E-state index contributed by atoms with van der Waals surface area (Å²) in [6.45, 7) is 5.40. The molecule has 2 bridgehead atoms. The van der Waals surface area contributed by atoms with Crippen LogP contribution in [0.5, 0.6) is 0 Å². The Morgan fingerprint density at radius 3 is 2.77 bits per heavy atom. The van der Waals surface area contributed by atoms with Crippen molar-refractivity contribution in [3.63, 3.8) is 0 Å². The van der Waals surface area contributed by atoms with Gasteiger partial charge in [0, 0.05) is 37.3 Å². The van der Waals surface area contributed by atoms with Crippen LogP contribution in [0.15, 0.2) is 10.9 Å². The van der Waals surface area contributed by atoms with Crippen molar-refractivity contribution >= 4 is 23.2 Å². The average molecular weight is 373 g/mol. The van der Waals surface area contributed by atoms with Crippen molar-refractivity contribution in [1.29, 1.82) is 0 Å². The van der Waals surface area contributed by atoms with Crippen molar-refractivity contribution in [2.24, 2.45) is 13.0 Å². The highest BCUT2D eigenvalue weighted by atomic mass is 32.1. The molecule has 3 saturated heterocycles. The molecule has 2 amide bonds. The number of aryl methyl sites for hydroxylation is 2. The van der Waals surface area contributed by atoms with Crippen LogP contribution in [-0.2, 0) is 18.4 Å². The summed E-state index contributed by atoms with van der Waals surface area (Å²) in [6, 6.07) is 0.0594. The summed E-state index contributed by atoms with van der Waals surface area (Å²) in [5.41, 5.74) is 5.01. The molecular weight excluding hydrogens is 350 g/mol. The molecule has 0 spiro atoms. The van der Waals surface area contributed by atoms with Crippen molar-refractivity contribution in [1.82, 2.24) is 24.6 Å². The minimum atomic E-state index is -0.117. The van der Waals surface area contributed by atoms with E-state index in [0.29, 0.717) is 25.2 Å². The standard InChI is InChI=1S/C18H23N5O2S/c1-11-16(12(2)21(3)20-11)18(25)22-6-13-4-5-15(8-22)23(17(13)24)7-14-9-26-10-19-14/h9-10,13,15H,4-8H2,1-3H3/t13-,15+/m1/s1. The second kappa shape index (κ2) is 6.50. The van der Waals surface area contributed by atoms with Crippen LogP contribution in [-0.4, -0.2) is 55.5 Å². The number of rotatable bonds is 3. The summed E-state index contributed by atoms with van der Waals surface area (Å²) < 4.78 is 1.74. The van der Waals surface area contributed by atoms with E-state index in [1.165, 1.54) is 0 Å². The molecule has 5 rings (SSSR count). The van der Waals surface area contributed by atoms with Gasteiger partial charge in [-0.3, -0.25) is 14.3 Å². The lowest BCUT2D eigenvalue weighted by atomic mass is 9.94. The van der Waals surface area contributed by atoms with Gasteiger partial charge in [-0.25, -0.2) is 4.98 Å². The van der Waals surface area contributed by atoms with Gasteiger partial charge in [-0.15, -0.1) is 11.3 Å². The first-order chi connectivity index (χ1) is 12.5. The molecule has 0 aromatic carbocycles. The zero-order chi connectivity index (χ0) is 18.4. The minimum Gasteiger partial charge on any atom is -0.336 e. The topological polar surface area (TPSA) is 71.3 Å². The van der Waals surface area contributed by atoms with Gasteiger partial charge in [0.1, 0.15) is 0 Å². The molecule has 2 aromatic heterocycles. The lowest BCUT2D eigenvalue weighted by Crippen LogP contribution is -2.47. The summed E-state index contributed by atoms with van der Waals surface area (Å²) in [5, 5.41) is 6.35. The second-order valence-corrected chi connectivity index (χ2v) is 7.97. The fourth-order valence-corrected chi connectivity index (χ4v) is 4.70. The third-order valence-corrected chi connectivity index (χ3v) is 6.25. The molecule has 2 atom stereocenters. The molecule has 8 heteroatoms. The van der Waals surface area contributed by atoms with Crippen LogP contribution in [0.2, 0.25) is 0 Å². The van der Waals surface area contributed by atoms with Gasteiger partial charge in [-0.1, -0.05) is 0 Å². The first kappa shape index (κ1) is 17.2. The zero-order valence-electron chi connectivity index (χ0n) is 15.3. The molecule has 5 heterocycles. The molecule has 0 saturated carbocycles. The van der Waals surface area contributed by atoms with E-state index in [4.69, 9.17) is 0 Å². The third kappa shape index (κ3) is 2.82. The second-order valence-electron chi connectivity index (χ2n) is 7.25. The van der Waals surface area contributed by atoms with Crippen LogP contribution >= 0.6 is 11.3 Å². The van der Waals surface area contributed by atoms with Crippen LogP contribution < -0.4 is 0 Å². The van der Waals surface area contributed by atoms with Gasteiger partial charge < -0.3 is 9.80 Å². The van der Waals surface area contributed by atoms with E-state index >= 15 is 0 Å². The van der Waals surface area contributed by atoms with Crippen LogP contribution in [0.1, 0.15) is 40.3 Å². The predicted molar refractivity (Wildman–Crippen MR) is 97.8 cm³/mol. The quantitative estimate of drug-likeness (QED) is 0.822. The lowest BCUT2D eigenvalue weighted by molar-refractivity contribution is -0.140. The minimum absolute atomic E-state index is 0.00620. The highest BCUT2D eigenvalue weighted by molar-refractivity contribution is 7.07. The smallest absolute Gasteiger partial charge is 0.257 e. The van der Waals surface area contributed by atoms with Crippen LogP contribution in [0.4, 0.5) is 0 Å². The van der Waals surface area contributed by atoms with E-state index in [9.17, 15) is 9.59 Å². The SMILES string of the molecule is Cc1nn(C)c(C)c1C(=O)N1C[C@H]2CC[C@@H](C1)N(Cc1cscn1)C2=O. The molecule has 0 N–H and O–H groups in total. The van der Waals surface area contributed by atoms with E-state index < -0.39 is 0 Å². The molecule has 0 unspecified atom stereocenters. The van der Waals surface area contributed by atoms with Gasteiger partial charge in [-0.05, 0) is 26.7 Å². The molecule has 7 nitrogen and oxygen atoms in total. The number of aromatic nitrogens is 3.